The Balaban J connectivity index is 1.90. The molecule has 0 atom stereocenters. The SMILES string of the molecule is CNc1nc2ccccc2cc1COc1ccccc1. The second-order valence-electron chi connectivity index (χ2n) is 4.54. The minimum Gasteiger partial charge on any atom is -0.489 e. The number of rotatable bonds is 4. The number of nitrogens with one attached hydrogen (secondary N) is 1. The Morgan fingerprint density at radius 3 is 2.55 bits per heavy atom. The summed E-state index contributed by atoms with van der Waals surface area (Å²) in [5.74, 6) is 1.72. The van der Waals surface area contributed by atoms with Gasteiger partial charge in [0.05, 0.1) is 5.52 Å². The van der Waals surface area contributed by atoms with Crippen molar-refractivity contribution in [2.45, 2.75) is 6.61 Å². The van der Waals surface area contributed by atoms with Crippen LogP contribution in [0.2, 0.25) is 0 Å². The number of ether oxygens (including phenoxy) is 1. The summed E-state index contributed by atoms with van der Waals surface area (Å²) in [5, 5.41) is 4.26. The monoisotopic (exact) mass is 264 g/mol. The molecule has 0 radical (unpaired) electrons. The van der Waals surface area contributed by atoms with Crippen molar-refractivity contribution in [3.63, 3.8) is 0 Å². The topological polar surface area (TPSA) is 34.2 Å². The molecule has 0 saturated heterocycles. The van der Waals surface area contributed by atoms with Gasteiger partial charge in [0.2, 0.25) is 0 Å². The van der Waals surface area contributed by atoms with Gasteiger partial charge >= 0.3 is 0 Å². The second kappa shape index (κ2) is 5.61. The standard InChI is InChI=1S/C17H16N2O/c1-18-17-14(12-20-15-8-3-2-4-9-15)11-13-7-5-6-10-16(13)19-17/h2-11H,12H2,1H3,(H,18,19). The lowest BCUT2D eigenvalue weighted by atomic mass is 10.1. The van der Waals surface area contributed by atoms with Gasteiger partial charge in [0, 0.05) is 18.0 Å². The van der Waals surface area contributed by atoms with E-state index in [0.717, 1.165) is 28.0 Å². The van der Waals surface area contributed by atoms with Crippen LogP contribution >= 0.6 is 0 Å². The molecule has 0 fully saturated rings. The van der Waals surface area contributed by atoms with Crippen molar-refractivity contribution >= 4 is 16.7 Å². The first-order valence-corrected chi connectivity index (χ1v) is 6.61. The lowest BCUT2D eigenvalue weighted by Gasteiger charge is -2.11. The predicted molar refractivity (Wildman–Crippen MR) is 82.1 cm³/mol. The smallest absolute Gasteiger partial charge is 0.133 e. The van der Waals surface area contributed by atoms with Gasteiger partial charge in [-0.15, -0.1) is 0 Å². The van der Waals surface area contributed by atoms with Crippen molar-refractivity contribution in [2.24, 2.45) is 0 Å². The Morgan fingerprint density at radius 1 is 1.00 bits per heavy atom. The average molecular weight is 264 g/mol. The van der Waals surface area contributed by atoms with Crippen LogP contribution < -0.4 is 10.1 Å². The van der Waals surface area contributed by atoms with Gasteiger partial charge in [0.25, 0.3) is 0 Å². The van der Waals surface area contributed by atoms with E-state index in [4.69, 9.17) is 4.74 Å². The number of pyridine rings is 1. The molecule has 20 heavy (non-hydrogen) atoms. The summed E-state index contributed by atoms with van der Waals surface area (Å²) in [6.45, 7) is 0.498. The van der Waals surface area contributed by atoms with Gasteiger partial charge in [-0.1, -0.05) is 36.4 Å². The summed E-state index contributed by atoms with van der Waals surface area (Å²) < 4.78 is 5.80. The molecule has 1 N–H and O–H groups in total. The molecule has 0 aliphatic heterocycles. The van der Waals surface area contributed by atoms with E-state index in [0.29, 0.717) is 6.61 Å². The highest BCUT2D eigenvalue weighted by Crippen LogP contribution is 2.22. The first kappa shape index (κ1) is 12.5. The van der Waals surface area contributed by atoms with Gasteiger partial charge in [-0.2, -0.15) is 0 Å². The summed E-state index contributed by atoms with van der Waals surface area (Å²) >= 11 is 0. The third-order valence-electron chi connectivity index (χ3n) is 3.18. The number of fused-ring (bicyclic) bond motifs is 1. The Kier molecular flexibility index (Phi) is 3.50. The van der Waals surface area contributed by atoms with Gasteiger partial charge < -0.3 is 10.1 Å². The fourth-order valence-electron chi connectivity index (χ4n) is 2.16. The fraction of sp³-hybridized carbons (Fsp3) is 0.118. The highest BCUT2D eigenvalue weighted by molar-refractivity contribution is 5.81. The van der Waals surface area contributed by atoms with E-state index in [-0.39, 0.29) is 0 Å². The van der Waals surface area contributed by atoms with Gasteiger partial charge in [-0.3, -0.25) is 0 Å². The molecule has 0 unspecified atom stereocenters. The number of benzene rings is 2. The van der Waals surface area contributed by atoms with Crippen molar-refractivity contribution in [3.05, 3.63) is 66.2 Å². The van der Waals surface area contributed by atoms with Gasteiger partial charge in [0.15, 0.2) is 0 Å². The number of nitrogens with zero attached hydrogens (tertiary/aromatic N) is 1. The second-order valence-corrected chi connectivity index (χ2v) is 4.54. The van der Waals surface area contributed by atoms with Crippen molar-refractivity contribution in [2.75, 3.05) is 12.4 Å². The Morgan fingerprint density at radius 2 is 1.75 bits per heavy atom. The van der Waals surface area contributed by atoms with Gasteiger partial charge in [0.1, 0.15) is 18.2 Å². The molecule has 0 amide bonds. The molecule has 0 bridgehead atoms. The normalized spacial score (nSPS) is 10.4. The molecular weight excluding hydrogens is 248 g/mol. The minimum atomic E-state index is 0.498. The molecule has 3 rings (SSSR count). The van der Waals surface area contributed by atoms with Crippen molar-refractivity contribution in [3.8, 4) is 5.75 Å². The van der Waals surface area contributed by atoms with Gasteiger partial charge in [-0.25, -0.2) is 4.98 Å². The number of anilines is 1. The van der Waals surface area contributed by atoms with Crippen LogP contribution in [0, 0.1) is 0 Å². The third-order valence-corrected chi connectivity index (χ3v) is 3.18. The largest absolute Gasteiger partial charge is 0.489 e. The van der Waals surface area contributed by atoms with Crippen molar-refractivity contribution < 1.29 is 4.74 Å². The van der Waals surface area contributed by atoms with E-state index in [1.165, 1.54) is 0 Å². The summed E-state index contributed by atoms with van der Waals surface area (Å²) in [6, 6.07) is 20.0. The molecule has 0 aliphatic carbocycles. The first-order valence-electron chi connectivity index (χ1n) is 6.61. The van der Waals surface area contributed by atoms with Crippen molar-refractivity contribution in [1.29, 1.82) is 0 Å². The molecule has 1 aromatic heterocycles. The molecule has 2 aromatic carbocycles. The number of hydrogen-bond donors (Lipinski definition) is 1. The van der Waals surface area contributed by atoms with Crippen LogP contribution in [0.1, 0.15) is 5.56 Å². The minimum absolute atomic E-state index is 0.498. The maximum Gasteiger partial charge on any atom is 0.133 e. The average Bonchev–Trinajstić information content (AvgIpc) is 2.53. The zero-order valence-corrected chi connectivity index (χ0v) is 11.3. The summed E-state index contributed by atoms with van der Waals surface area (Å²) in [6.07, 6.45) is 0. The van der Waals surface area contributed by atoms with Crippen LogP contribution in [-0.2, 0) is 6.61 Å². The number of aromatic nitrogens is 1. The summed E-state index contributed by atoms with van der Waals surface area (Å²) in [4.78, 5) is 4.61. The van der Waals surface area contributed by atoms with E-state index >= 15 is 0 Å². The fourth-order valence-corrected chi connectivity index (χ4v) is 2.16. The van der Waals surface area contributed by atoms with Gasteiger partial charge in [-0.05, 0) is 24.3 Å². The van der Waals surface area contributed by atoms with Crippen LogP contribution in [0.25, 0.3) is 10.9 Å². The van der Waals surface area contributed by atoms with E-state index in [1.54, 1.807) is 0 Å². The van der Waals surface area contributed by atoms with Crippen LogP contribution in [0.15, 0.2) is 60.7 Å². The summed E-state index contributed by atoms with van der Waals surface area (Å²) in [5.41, 5.74) is 2.04. The van der Waals surface area contributed by atoms with E-state index < -0.39 is 0 Å². The molecule has 3 heteroatoms. The molecule has 1 heterocycles. The third kappa shape index (κ3) is 2.57. The van der Waals surface area contributed by atoms with E-state index in [9.17, 15) is 0 Å². The van der Waals surface area contributed by atoms with E-state index in [1.807, 2.05) is 55.6 Å². The summed E-state index contributed by atoms with van der Waals surface area (Å²) in [7, 11) is 1.88. The lowest BCUT2D eigenvalue weighted by Crippen LogP contribution is -2.03. The van der Waals surface area contributed by atoms with Crippen LogP contribution in [0.4, 0.5) is 5.82 Å². The zero-order valence-electron chi connectivity index (χ0n) is 11.3. The molecule has 0 spiro atoms. The molecule has 100 valence electrons. The first-order chi connectivity index (χ1) is 9.86. The van der Waals surface area contributed by atoms with Crippen molar-refractivity contribution in [1.82, 2.24) is 4.98 Å². The van der Waals surface area contributed by atoms with Crippen LogP contribution in [0.3, 0.4) is 0 Å². The zero-order chi connectivity index (χ0) is 13.8. The van der Waals surface area contributed by atoms with Crippen LogP contribution in [0.5, 0.6) is 5.75 Å². The Hall–Kier alpha value is -2.55. The number of para-hydroxylation sites is 2. The molecular formula is C17H16N2O. The molecule has 0 aliphatic rings. The highest BCUT2D eigenvalue weighted by Gasteiger charge is 2.06. The Bertz CT molecular complexity index is 711. The lowest BCUT2D eigenvalue weighted by molar-refractivity contribution is 0.306. The predicted octanol–water partition coefficient (Wildman–Crippen LogP) is 3.86. The number of hydrogen-bond acceptors (Lipinski definition) is 3. The molecule has 0 saturated carbocycles. The highest BCUT2D eigenvalue weighted by atomic mass is 16.5. The molecule has 3 aromatic rings. The quantitative estimate of drug-likeness (QED) is 0.777. The Labute approximate surface area is 118 Å². The van der Waals surface area contributed by atoms with E-state index in [2.05, 4.69) is 22.4 Å². The van der Waals surface area contributed by atoms with Crippen LogP contribution in [-0.4, -0.2) is 12.0 Å². The molecule has 3 nitrogen and oxygen atoms in total. The maximum absolute atomic E-state index is 5.80. The maximum atomic E-state index is 5.80.